The first-order valence-electron chi connectivity index (χ1n) is 5.45. The predicted octanol–water partition coefficient (Wildman–Crippen LogP) is 1.08. The Morgan fingerprint density at radius 1 is 1.35 bits per heavy atom. The maximum atomic E-state index is 11.5. The van der Waals surface area contributed by atoms with Crippen molar-refractivity contribution in [1.29, 1.82) is 0 Å². The third kappa shape index (κ3) is 2.68. The molecule has 0 saturated carbocycles. The van der Waals surface area contributed by atoms with Crippen LogP contribution < -0.4 is 5.73 Å². The number of benzene rings is 1. The van der Waals surface area contributed by atoms with Gasteiger partial charge in [-0.3, -0.25) is 0 Å². The second-order valence-corrected chi connectivity index (χ2v) is 6.62. The third-order valence-electron chi connectivity index (χ3n) is 2.95. The summed E-state index contributed by atoms with van der Waals surface area (Å²) in [4.78, 5) is 3.10. The molecule has 0 saturated heterocycles. The van der Waals surface area contributed by atoms with Gasteiger partial charge < -0.3 is 10.7 Å². The Kier molecular flexibility index (Phi) is 3.22. The average molecular weight is 252 g/mol. The van der Waals surface area contributed by atoms with Gasteiger partial charge in [-0.2, -0.15) is 0 Å². The van der Waals surface area contributed by atoms with Crippen molar-refractivity contribution >= 4 is 20.7 Å². The molecule has 5 heteroatoms. The molecule has 1 unspecified atom stereocenters. The van der Waals surface area contributed by atoms with Gasteiger partial charge in [0.2, 0.25) is 0 Å². The van der Waals surface area contributed by atoms with Crippen molar-refractivity contribution in [3.63, 3.8) is 0 Å². The Bertz CT molecular complexity index is 616. The fourth-order valence-electron chi connectivity index (χ4n) is 1.90. The third-order valence-corrected chi connectivity index (χ3v) is 4.52. The maximum Gasteiger partial charge on any atom is 0.151 e. The van der Waals surface area contributed by atoms with Crippen LogP contribution in [0.15, 0.2) is 30.5 Å². The molecule has 2 rings (SSSR count). The van der Waals surface area contributed by atoms with Crippen LogP contribution in [-0.4, -0.2) is 31.5 Å². The summed E-state index contributed by atoms with van der Waals surface area (Å²) < 4.78 is 23.0. The summed E-state index contributed by atoms with van der Waals surface area (Å²) in [5.41, 5.74) is 7.57. The van der Waals surface area contributed by atoms with Crippen molar-refractivity contribution in [3.05, 3.63) is 36.0 Å². The van der Waals surface area contributed by atoms with Crippen LogP contribution in [0.5, 0.6) is 0 Å². The number of hydrogen-bond acceptors (Lipinski definition) is 3. The van der Waals surface area contributed by atoms with Gasteiger partial charge in [-0.1, -0.05) is 6.07 Å². The van der Waals surface area contributed by atoms with E-state index in [1.54, 1.807) is 0 Å². The average Bonchev–Trinajstić information content (AvgIpc) is 2.71. The molecule has 1 aromatic carbocycles. The lowest BCUT2D eigenvalue weighted by molar-refractivity contribution is 0.584. The van der Waals surface area contributed by atoms with Crippen LogP contribution in [0, 0.1) is 0 Å². The molecule has 2 aromatic rings. The van der Waals surface area contributed by atoms with Crippen molar-refractivity contribution in [2.24, 2.45) is 5.73 Å². The summed E-state index contributed by atoms with van der Waals surface area (Å²) in [5.74, 6) is 0. The van der Waals surface area contributed by atoms with E-state index in [0.717, 1.165) is 16.5 Å². The molecule has 17 heavy (non-hydrogen) atoms. The minimum Gasteiger partial charge on any atom is -0.361 e. The lowest BCUT2D eigenvalue weighted by Crippen LogP contribution is -2.30. The van der Waals surface area contributed by atoms with Crippen molar-refractivity contribution < 1.29 is 8.42 Å². The van der Waals surface area contributed by atoms with Gasteiger partial charge in [0.1, 0.15) is 0 Å². The van der Waals surface area contributed by atoms with E-state index < -0.39 is 15.1 Å². The second kappa shape index (κ2) is 4.50. The number of fused-ring (bicyclic) bond motifs is 1. The van der Waals surface area contributed by atoms with E-state index >= 15 is 0 Å². The van der Waals surface area contributed by atoms with Crippen LogP contribution >= 0.6 is 0 Å². The van der Waals surface area contributed by atoms with Crippen LogP contribution in [0.4, 0.5) is 0 Å². The Balaban J connectivity index is 2.28. The van der Waals surface area contributed by atoms with Gasteiger partial charge in [0.25, 0.3) is 0 Å². The highest BCUT2D eigenvalue weighted by atomic mass is 32.2. The zero-order chi connectivity index (χ0) is 12.5. The maximum absolute atomic E-state index is 11.5. The van der Waals surface area contributed by atoms with Crippen molar-refractivity contribution in [3.8, 4) is 0 Å². The largest absolute Gasteiger partial charge is 0.361 e. The first kappa shape index (κ1) is 12.1. The van der Waals surface area contributed by atoms with Crippen LogP contribution in [0.2, 0.25) is 0 Å². The molecule has 0 spiro atoms. The van der Waals surface area contributed by atoms with Crippen LogP contribution in [0.1, 0.15) is 5.56 Å². The van der Waals surface area contributed by atoms with Crippen molar-refractivity contribution in [1.82, 2.24) is 4.98 Å². The van der Waals surface area contributed by atoms with Crippen LogP contribution in [0.25, 0.3) is 10.9 Å². The summed E-state index contributed by atoms with van der Waals surface area (Å²) in [6.07, 6.45) is 3.57. The van der Waals surface area contributed by atoms with Crippen LogP contribution in [0.3, 0.4) is 0 Å². The minimum absolute atomic E-state index is 0.157. The van der Waals surface area contributed by atoms with Gasteiger partial charge >= 0.3 is 0 Å². The van der Waals surface area contributed by atoms with Crippen molar-refractivity contribution in [2.75, 3.05) is 12.8 Å². The predicted molar refractivity (Wildman–Crippen MR) is 69.7 cm³/mol. The molecule has 1 heterocycles. The highest BCUT2D eigenvalue weighted by Crippen LogP contribution is 2.16. The van der Waals surface area contributed by atoms with E-state index in [2.05, 4.69) is 4.98 Å². The first-order chi connectivity index (χ1) is 8.00. The van der Waals surface area contributed by atoms with Gasteiger partial charge in [-0.05, 0) is 35.6 Å². The molecule has 1 aromatic heterocycles. The van der Waals surface area contributed by atoms with Crippen molar-refractivity contribution in [2.45, 2.75) is 11.7 Å². The molecule has 0 bridgehead atoms. The topological polar surface area (TPSA) is 75.9 Å². The quantitative estimate of drug-likeness (QED) is 0.855. The number of aromatic nitrogens is 1. The Hall–Kier alpha value is -1.33. The van der Waals surface area contributed by atoms with Gasteiger partial charge in [0.15, 0.2) is 9.84 Å². The molecule has 4 nitrogen and oxygen atoms in total. The minimum atomic E-state index is -3.09. The molecule has 0 amide bonds. The second-order valence-electron chi connectivity index (χ2n) is 4.29. The zero-order valence-corrected chi connectivity index (χ0v) is 10.5. The molecular formula is C12H16N2O2S. The summed E-state index contributed by atoms with van der Waals surface area (Å²) in [5, 5.41) is 0.589. The zero-order valence-electron chi connectivity index (χ0n) is 9.68. The Labute approximate surface area is 101 Å². The number of sulfone groups is 1. The summed E-state index contributed by atoms with van der Waals surface area (Å²) >= 11 is 0. The van der Waals surface area contributed by atoms with E-state index in [0.29, 0.717) is 6.42 Å². The summed E-state index contributed by atoms with van der Waals surface area (Å²) in [6.45, 7) is 0.157. The standard InChI is InChI=1S/C12H16N2O2S/c1-17(15,16)11(8-13)7-9-2-3-12-10(6-9)4-5-14-12/h2-6,11,14H,7-8,13H2,1H3. The molecule has 0 aliphatic heterocycles. The van der Waals surface area contributed by atoms with Gasteiger partial charge in [0, 0.05) is 24.5 Å². The smallest absolute Gasteiger partial charge is 0.151 e. The van der Waals surface area contributed by atoms with E-state index in [-0.39, 0.29) is 6.54 Å². The molecule has 0 aliphatic rings. The fraction of sp³-hybridized carbons (Fsp3) is 0.333. The number of H-pyrrole nitrogens is 1. The van der Waals surface area contributed by atoms with E-state index in [9.17, 15) is 8.42 Å². The van der Waals surface area contributed by atoms with Gasteiger partial charge in [-0.15, -0.1) is 0 Å². The van der Waals surface area contributed by atoms with Gasteiger partial charge in [-0.25, -0.2) is 8.42 Å². The SMILES string of the molecule is CS(=O)(=O)C(CN)Cc1ccc2[nH]ccc2c1. The van der Waals surface area contributed by atoms with E-state index in [1.807, 2.05) is 30.5 Å². The molecule has 3 N–H and O–H groups in total. The molecule has 0 fully saturated rings. The number of aromatic amines is 1. The molecule has 0 radical (unpaired) electrons. The number of rotatable bonds is 4. The monoisotopic (exact) mass is 252 g/mol. The molecule has 92 valence electrons. The number of hydrogen-bond donors (Lipinski definition) is 2. The Morgan fingerprint density at radius 2 is 2.12 bits per heavy atom. The molecule has 0 aliphatic carbocycles. The lowest BCUT2D eigenvalue weighted by atomic mass is 10.1. The van der Waals surface area contributed by atoms with E-state index in [1.165, 1.54) is 6.26 Å². The number of nitrogens with two attached hydrogens (primary N) is 1. The summed E-state index contributed by atoms with van der Waals surface area (Å²) in [7, 11) is -3.09. The van der Waals surface area contributed by atoms with E-state index in [4.69, 9.17) is 5.73 Å². The lowest BCUT2D eigenvalue weighted by Gasteiger charge is -2.12. The highest BCUT2D eigenvalue weighted by Gasteiger charge is 2.19. The molecule has 1 atom stereocenters. The highest BCUT2D eigenvalue weighted by molar-refractivity contribution is 7.91. The summed E-state index contributed by atoms with van der Waals surface area (Å²) in [6, 6.07) is 7.86. The molecular weight excluding hydrogens is 236 g/mol. The van der Waals surface area contributed by atoms with Gasteiger partial charge in [0.05, 0.1) is 5.25 Å². The Morgan fingerprint density at radius 3 is 2.76 bits per heavy atom. The fourth-order valence-corrected chi connectivity index (χ4v) is 2.75. The first-order valence-corrected chi connectivity index (χ1v) is 7.41. The normalized spacial score (nSPS) is 14.0. The van der Waals surface area contributed by atoms with Crippen LogP contribution in [-0.2, 0) is 16.3 Å². The number of nitrogens with one attached hydrogen (secondary N) is 1.